The van der Waals surface area contributed by atoms with Crippen molar-refractivity contribution in [2.45, 2.75) is 139 Å². The summed E-state index contributed by atoms with van der Waals surface area (Å²) in [5, 5.41) is 21.2. The Labute approximate surface area is 294 Å². The normalized spacial score (nSPS) is 14.1. The molecule has 0 amide bonds. The van der Waals surface area contributed by atoms with E-state index in [1.165, 1.54) is 66.9 Å². The standard InChI is InChI=1S/C44H68O4/c1-32(2)18-12-19-33(3)20-13-21-34(4)22-14-23-35(5)24-15-25-36(6)26-16-27-37(7)28-17-29-38(8)30-31-40-39(9)41(45)43(47-10)44(48-11)42(40)46/h14,18,20,22,24,26,28,30,34,45-46H,12-13,15-17,19,21,23,25,27,29,31H2,1-11H3/b22-14+,33-20-,35-24+,36-26+,37-28+,38-30+. The highest BCUT2D eigenvalue weighted by molar-refractivity contribution is 5.66. The Kier molecular flexibility index (Phi) is 21.2. The van der Waals surface area contributed by atoms with Gasteiger partial charge >= 0.3 is 0 Å². The van der Waals surface area contributed by atoms with Gasteiger partial charge in [0.2, 0.25) is 11.5 Å². The number of aromatic hydroxyl groups is 2. The van der Waals surface area contributed by atoms with Crippen molar-refractivity contribution in [1.29, 1.82) is 0 Å². The first kappa shape index (κ1) is 42.6. The highest BCUT2D eigenvalue weighted by atomic mass is 16.5. The molecule has 4 heteroatoms. The molecule has 0 saturated carbocycles. The Bertz CT molecular complexity index is 1340. The lowest BCUT2D eigenvalue weighted by Gasteiger charge is -2.17. The van der Waals surface area contributed by atoms with E-state index in [2.05, 4.69) is 104 Å². The van der Waals surface area contributed by atoms with Crippen LogP contribution < -0.4 is 9.47 Å². The molecular formula is C44H68O4. The Morgan fingerprint density at radius 2 is 1.04 bits per heavy atom. The van der Waals surface area contributed by atoms with Crippen LogP contribution in [-0.2, 0) is 6.42 Å². The summed E-state index contributed by atoms with van der Waals surface area (Å²) in [6.45, 7) is 19.6. The number of benzene rings is 1. The van der Waals surface area contributed by atoms with E-state index in [9.17, 15) is 10.2 Å². The first-order valence-corrected chi connectivity index (χ1v) is 18.0. The van der Waals surface area contributed by atoms with Crippen LogP contribution in [0.2, 0.25) is 0 Å². The predicted molar refractivity (Wildman–Crippen MR) is 209 cm³/mol. The molecular weight excluding hydrogens is 592 g/mol. The Balaban J connectivity index is 2.40. The molecule has 0 aliphatic rings. The zero-order chi connectivity index (χ0) is 36.1. The molecule has 0 saturated heterocycles. The molecule has 4 nitrogen and oxygen atoms in total. The fourth-order valence-electron chi connectivity index (χ4n) is 5.64. The van der Waals surface area contributed by atoms with E-state index in [1.807, 2.05) is 0 Å². The van der Waals surface area contributed by atoms with E-state index in [1.54, 1.807) is 6.92 Å². The maximum absolute atomic E-state index is 10.7. The molecule has 1 rings (SSSR count). The SMILES string of the molecule is COc1c(O)c(C)c(C/C=C(\C)CC/C=C(\C)CC/C=C(\C)CC/C=C(\C)C/C=C/C(C)CC/C=C(/C)CCC=C(C)C)c(O)c1OC. The van der Waals surface area contributed by atoms with Crippen LogP contribution in [0, 0.1) is 12.8 Å². The number of methoxy groups -OCH3 is 2. The Morgan fingerprint density at radius 1 is 0.604 bits per heavy atom. The van der Waals surface area contributed by atoms with Crippen molar-refractivity contribution in [1.82, 2.24) is 0 Å². The van der Waals surface area contributed by atoms with Crippen LogP contribution in [0.1, 0.15) is 137 Å². The van der Waals surface area contributed by atoms with Crippen LogP contribution >= 0.6 is 0 Å². The van der Waals surface area contributed by atoms with Gasteiger partial charge in [-0.1, -0.05) is 89.0 Å². The van der Waals surface area contributed by atoms with Gasteiger partial charge in [-0.2, -0.15) is 0 Å². The van der Waals surface area contributed by atoms with E-state index >= 15 is 0 Å². The van der Waals surface area contributed by atoms with Crippen LogP contribution in [-0.4, -0.2) is 24.4 Å². The van der Waals surface area contributed by atoms with E-state index in [0.717, 1.165) is 51.4 Å². The molecule has 0 aliphatic carbocycles. The van der Waals surface area contributed by atoms with E-state index in [-0.39, 0.29) is 23.0 Å². The van der Waals surface area contributed by atoms with Gasteiger partial charge in [-0.15, -0.1) is 0 Å². The van der Waals surface area contributed by atoms with Crippen molar-refractivity contribution in [3.05, 3.63) is 93.2 Å². The number of phenolic OH excluding ortho intramolecular Hbond substituents is 2. The van der Waals surface area contributed by atoms with Crippen molar-refractivity contribution in [2.75, 3.05) is 14.2 Å². The summed E-state index contributed by atoms with van der Waals surface area (Å²) in [6, 6.07) is 0. The molecule has 268 valence electrons. The smallest absolute Gasteiger partial charge is 0.207 e. The van der Waals surface area contributed by atoms with Gasteiger partial charge < -0.3 is 19.7 Å². The molecule has 0 radical (unpaired) electrons. The monoisotopic (exact) mass is 661 g/mol. The van der Waals surface area contributed by atoms with Crippen molar-refractivity contribution in [3.8, 4) is 23.0 Å². The van der Waals surface area contributed by atoms with Crippen LogP contribution in [0.15, 0.2) is 82.0 Å². The summed E-state index contributed by atoms with van der Waals surface area (Å²) in [5.41, 5.74) is 9.78. The lowest BCUT2D eigenvalue weighted by atomic mass is 9.99. The van der Waals surface area contributed by atoms with Crippen molar-refractivity contribution < 1.29 is 19.7 Å². The largest absolute Gasteiger partial charge is 0.504 e. The summed E-state index contributed by atoms with van der Waals surface area (Å²) >= 11 is 0. The topological polar surface area (TPSA) is 58.9 Å². The van der Waals surface area contributed by atoms with Gasteiger partial charge in [-0.3, -0.25) is 0 Å². The summed E-state index contributed by atoms with van der Waals surface area (Å²) in [4.78, 5) is 0. The zero-order valence-corrected chi connectivity index (χ0v) is 32.4. The van der Waals surface area contributed by atoms with E-state index < -0.39 is 0 Å². The molecule has 1 unspecified atom stereocenters. The maximum Gasteiger partial charge on any atom is 0.207 e. The highest BCUT2D eigenvalue weighted by Gasteiger charge is 2.22. The van der Waals surface area contributed by atoms with E-state index in [4.69, 9.17) is 9.47 Å². The fourth-order valence-corrected chi connectivity index (χ4v) is 5.64. The molecule has 1 atom stereocenters. The fraction of sp³-hybridized carbons (Fsp3) is 0.545. The minimum atomic E-state index is 0.00622. The third-order valence-corrected chi connectivity index (χ3v) is 9.00. The van der Waals surface area contributed by atoms with Gasteiger partial charge in [0, 0.05) is 11.1 Å². The van der Waals surface area contributed by atoms with Gasteiger partial charge in [0.15, 0.2) is 11.5 Å². The van der Waals surface area contributed by atoms with Crippen LogP contribution in [0.3, 0.4) is 0 Å². The summed E-state index contributed by atoms with van der Waals surface area (Å²) in [7, 11) is 2.91. The molecule has 1 aromatic carbocycles. The minimum absolute atomic E-state index is 0.00622. The molecule has 48 heavy (non-hydrogen) atoms. The summed E-state index contributed by atoms with van der Waals surface area (Å²) < 4.78 is 10.5. The second-order valence-electron chi connectivity index (χ2n) is 13.9. The highest BCUT2D eigenvalue weighted by Crippen LogP contribution is 2.48. The number of rotatable bonds is 22. The molecule has 0 fully saturated rings. The van der Waals surface area contributed by atoms with Gasteiger partial charge in [0.1, 0.15) is 0 Å². The van der Waals surface area contributed by atoms with Crippen LogP contribution in [0.4, 0.5) is 0 Å². The van der Waals surface area contributed by atoms with Crippen molar-refractivity contribution in [2.24, 2.45) is 5.92 Å². The number of phenols is 2. The number of hydrogen-bond donors (Lipinski definition) is 2. The third-order valence-electron chi connectivity index (χ3n) is 9.00. The molecule has 0 spiro atoms. The second-order valence-corrected chi connectivity index (χ2v) is 13.9. The molecule has 2 N–H and O–H groups in total. The Hall–Kier alpha value is -3.40. The van der Waals surface area contributed by atoms with E-state index in [0.29, 0.717) is 23.5 Å². The number of ether oxygens (including phenoxy) is 2. The lowest BCUT2D eigenvalue weighted by molar-refractivity contribution is 0.314. The minimum Gasteiger partial charge on any atom is -0.504 e. The average molecular weight is 661 g/mol. The van der Waals surface area contributed by atoms with Crippen LogP contribution in [0.25, 0.3) is 0 Å². The maximum atomic E-state index is 10.7. The quantitative estimate of drug-likeness (QED) is 0.0960. The first-order valence-electron chi connectivity index (χ1n) is 18.0. The molecule has 0 heterocycles. The predicted octanol–water partition coefficient (Wildman–Crippen LogP) is 13.1. The lowest BCUT2D eigenvalue weighted by Crippen LogP contribution is -1.98. The summed E-state index contributed by atoms with van der Waals surface area (Å²) in [6.07, 6.45) is 31.4. The summed E-state index contributed by atoms with van der Waals surface area (Å²) in [5.74, 6) is 0.974. The molecule has 1 aromatic rings. The Morgan fingerprint density at radius 3 is 1.54 bits per heavy atom. The van der Waals surface area contributed by atoms with Gasteiger partial charge in [0.05, 0.1) is 14.2 Å². The van der Waals surface area contributed by atoms with Gasteiger partial charge in [0.25, 0.3) is 0 Å². The zero-order valence-electron chi connectivity index (χ0n) is 32.4. The second kappa shape index (κ2) is 23.8. The molecule has 0 aliphatic heterocycles. The average Bonchev–Trinajstić information content (AvgIpc) is 3.02. The van der Waals surface area contributed by atoms with Gasteiger partial charge in [-0.05, 0) is 138 Å². The first-order chi connectivity index (χ1) is 22.8. The van der Waals surface area contributed by atoms with Crippen LogP contribution in [0.5, 0.6) is 23.0 Å². The number of hydrogen-bond acceptors (Lipinski definition) is 4. The van der Waals surface area contributed by atoms with Crippen molar-refractivity contribution in [3.63, 3.8) is 0 Å². The third kappa shape index (κ3) is 17.1. The molecule has 0 aromatic heterocycles. The number of allylic oxidation sites excluding steroid dienone is 14. The molecule has 0 bridgehead atoms. The van der Waals surface area contributed by atoms with Crippen molar-refractivity contribution >= 4 is 0 Å². The van der Waals surface area contributed by atoms with Gasteiger partial charge in [-0.25, -0.2) is 0 Å².